The molecular weight excluding hydrogens is 416 g/mol. The first kappa shape index (κ1) is 21.5. The Bertz CT molecular complexity index is 1160. The Morgan fingerprint density at radius 1 is 1.09 bits per heavy atom. The molecule has 1 aliphatic carbocycles. The number of likely N-dealkylation sites (N-methyl/N-ethyl adjacent to an activating group) is 1. The zero-order valence-electron chi connectivity index (χ0n) is 19.5. The van der Waals surface area contributed by atoms with Crippen molar-refractivity contribution in [1.82, 2.24) is 19.4 Å². The summed E-state index contributed by atoms with van der Waals surface area (Å²) in [6.07, 6.45) is 5.33. The number of aromatic nitrogens is 3. The topological polar surface area (TPSA) is 75.5 Å². The molecule has 1 aliphatic heterocycles. The van der Waals surface area contributed by atoms with Crippen LogP contribution in [0.4, 0.5) is 17.3 Å². The second-order valence-electron chi connectivity index (χ2n) is 8.73. The van der Waals surface area contributed by atoms with E-state index in [9.17, 15) is 4.79 Å². The average molecular weight is 447 g/mol. The molecule has 5 rings (SSSR count). The van der Waals surface area contributed by atoms with Crippen LogP contribution in [-0.2, 0) is 24.6 Å². The van der Waals surface area contributed by atoms with Gasteiger partial charge in [-0.05, 0) is 62.2 Å². The van der Waals surface area contributed by atoms with Crippen LogP contribution in [0.2, 0.25) is 0 Å². The second kappa shape index (κ2) is 8.86. The molecule has 8 nitrogen and oxygen atoms in total. The van der Waals surface area contributed by atoms with Gasteiger partial charge in [0.2, 0.25) is 5.95 Å². The van der Waals surface area contributed by atoms with Crippen molar-refractivity contribution in [1.29, 1.82) is 0 Å². The van der Waals surface area contributed by atoms with Crippen molar-refractivity contribution in [3.8, 4) is 11.4 Å². The van der Waals surface area contributed by atoms with Gasteiger partial charge < -0.3 is 24.4 Å². The first-order valence-corrected chi connectivity index (χ1v) is 11.6. The Balaban J connectivity index is 1.37. The van der Waals surface area contributed by atoms with E-state index in [1.807, 2.05) is 30.9 Å². The number of nitrogens with one attached hydrogen (secondary N) is 1. The monoisotopic (exact) mass is 446 g/mol. The van der Waals surface area contributed by atoms with Crippen molar-refractivity contribution in [3.63, 3.8) is 0 Å². The molecule has 0 unspecified atom stereocenters. The number of ether oxygens (including phenoxy) is 1. The van der Waals surface area contributed by atoms with Crippen molar-refractivity contribution >= 4 is 23.3 Å². The summed E-state index contributed by atoms with van der Waals surface area (Å²) >= 11 is 0. The quantitative estimate of drug-likeness (QED) is 0.603. The number of benzene rings is 1. The Labute approximate surface area is 194 Å². The highest BCUT2D eigenvalue weighted by Crippen LogP contribution is 2.35. The number of piperazine rings is 1. The van der Waals surface area contributed by atoms with Crippen molar-refractivity contribution in [2.24, 2.45) is 7.05 Å². The first-order chi connectivity index (χ1) is 16.0. The molecule has 2 aromatic heterocycles. The van der Waals surface area contributed by atoms with Crippen molar-refractivity contribution in [2.45, 2.75) is 19.8 Å². The number of carbonyl (C=O) groups is 1. The van der Waals surface area contributed by atoms with Gasteiger partial charge in [-0.3, -0.25) is 0 Å². The fourth-order valence-corrected chi connectivity index (χ4v) is 4.69. The average Bonchev–Trinajstić information content (AvgIpc) is 3.17. The van der Waals surface area contributed by atoms with Gasteiger partial charge in [0.05, 0.1) is 23.6 Å². The van der Waals surface area contributed by atoms with Gasteiger partial charge in [0.1, 0.15) is 0 Å². The van der Waals surface area contributed by atoms with E-state index < -0.39 is 0 Å². The standard InChI is InChI=1S/C25H30N6O2/c1-4-33-24(32)21-16-30(3)23-20(21)10-5-17-15-26-25(28-22(17)23)27-18-6-8-19(9-7-18)31-13-11-29(2)12-14-31/h6-9,15-16H,4-5,10-14H2,1-3H3,(H,26,27,28). The van der Waals surface area contributed by atoms with Crippen LogP contribution in [0.5, 0.6) is 0 Å². The Morgan fingerprint density at radius 2 is 1.85 bits per heavy atom. The van der Waals surface area contributed by atoms with E-state index in [0.29, 0.717) is 18.1 Å². The number of hydrogen-bond acceptors (Lipinski definition) is 7. The van der Waals surface area contributed by atoms with Crippen LogP contribution in [0.15, 0.2) is 36.7 Å². The summed E-state index contributed by atoms with van der Waals surface area (Å²) in [5.74, 6) is 0.276. The second-order valence-corrected chi connectivity index (χ2v) is 8.73. The van der Waals surface area contributed by atoms with Crippen LogP contribution in [0.1, 0.15) is 28.4 Å². The maximum atomic E-state index is 12.4. The number of aryl methyl sites for hydroxylation is 2. The van der Waals surface area contributed by atoms with Gasteiger partial charge in [-0.15, -0.1) is 0 Å². The van der Waals surface area contributed by atoms with Gasteiger partial charge in [0.15, 0.2) is 0 Å². The molecule has 0 atom stereocenters. The molecule has 1 N–H and O–H groups in total. The highest BCUT2D eigenvalue weighted by atomic mass is 16.5. The van der Waals surface area contributed by atoms with Gasteiger partial charge in [0, 0.05) is 57.0 Å². The lowest BCUT2D eigenvalue weighted by Crippen LogP contribution is -2.44. The molecule has 172 valence electrons. The van der Waals surface area contributed by atoms with Gasteiger partial charge in [0.25, 0.3) is 0 Å². The van der Waals surface area contributed by atoms with Crippen molar-refractivity contribution < 1.29 is 9.53 Å². The summed E-state index contributed by atoms with van der Waals surface area (Å²) in [7, 11) is 4.11. The van der Waals surface area contributed by atoms with E-state index in [2.05, 4.69) is 51.4 Å². The lowest BCUT2D eigenvalue weighted by atomic mass is 9.93. The Hall–Kier alpha value is -3.39. The molecule has 1 fully saturated rings. The largest absolute Gasteiger partial charge is 0.462 e. The molecular formula is C25H30N6O2. The Kier molecular flexibility index (Phi) is 5.76. The van der Waals surface area contributed by atoms with Crippen LogP contribution in [-0.4, -0.2) is 65.2 Å². The van der Waals surface area contributed by atoms with Crippen LogP contribution in [0.25, 0.3) is 11.4 Å². The predicted octanol–water partition coefficient (Wildman–Crippen LogP) is 3.25. The van der Waals surface area contributed by atoms with Crippen molar-refractivity contribution in [3.05, 3.63) is 53.3 Å². The highest BCUT2D eigenvalue weighted by Gasteiger charge is 2.28. The molecule has 2 aliphatic rings. The third-order valence-corrected chi connectivity index (χ3v) is 6.51. The van der Waals surface area contributed by atoms with Gasteiger partial charge in [-0.2, -0.15) is 0 Å². The molecule has 0 saturated carbocycles. The summed E-state index contributed by atoms with van der Waals surface area (Å²) in [5, 5.41) is 3.34. The van der Waals surface area contributed by atoms with E-state index in [1.54, 1.807) is 0 Å². The fourth-order valence-electron chi connectivity index (χ4n) is 4.69. The molecule has 3 aromatic rings. The van der Waals surface area contributed by atoms with Gasteiger partial charge >= 0.3 is 5.97 Å². The van der Waals surface area contributed by atoms with E-state index >= 15 is 0 Å². The lowest BCUT2D eigenvalue weighted by Gasteiger charge is -2.34. The Morgan fingerprint density at radius 3 is 2.58 bits per heavy atom. The maximum absolute atomic E-state index is 12.4. The summed E-state index contributed by atoms with van der Waals surface area (Å²) in [6, 6.07) is 8.44. The molecule has 33 heavy (non-hydrogen) atoms. The molecule has 0 amide bonds. The van der Waals surface area contributed by atoms with Gasteiger partial charge in [-0.25, -0.2) is 14.8 Å². The number of fused-ring (bicyclic) bond motifs is 3. The van der Waals surface area contributed by atoms with Crippen molar-refractivity contribution in [2.75, 3.05) is 50.1 Å². The van der Waals surface area contributed by atoms with Crippen LogP contribution in [0, 0.1) is 0 Å². The summed E-state index contributed by atoms with van der Waals surface area (Å²) in [6.45, 7) is 6.45. The SMILES string of the molecule is CCOC(=O)c1cn(C)c2c1CCc1cnc(Nc3ccc(N4CCN(C)CC4)cc3)nc1-2. The van der Waals surface area contributed by atoms with E-state index in [0.717, 1.165) is 67.2 Å². The first-order valence-electron chi connectivity index (χ1n) is 11.6. The van der Waals surface area contributed by atoms with Crippen LogP contribution in [0.3, 0.4) is 0 Å². The third-order valence-electron chi connectivity index (χ3n) is 6.51. The smallest absolute Gasteiger partial charge is 0.339 e. The minimum absolute atomic E-state index is 0.273. The molecule has 0 spiro atoms. The van der Waals surface area contributed by atoms with E-state index in [1.165, 1.54) is 5.69 Å². The summed E-state index contributed by atoms with van der Waals surface area (Å²) in [5.41, 5.74) is 6.76. The zero-order valence-corrected chi connectivity index (χ0v) is 19.5. The molecule has 8 heteroatoms. The molecule has 1 saturated heterocycles. The normalized spacial score (nSPS) is 15.7. The van der Waals surface area contributed by atoms with Gasteiger partial charge in [-0.1, -0.05) is 0 Å². The van der Waals surface area contributed by atoms with E-state index in [4.69, 9.17) is 9.72 Å². The number of anilines is 3. The number of rotatable bonds is 5. The fraction of sp³-hybridized carbons (Fsp3) is 0.400. The minimum Gasteiger partial charge on any atom is -0.462 e. The lowest BCUT2D eigenvalue weighted by molar-refractivity contribution is 0.0525. The predicted molar refractivity (Wildman–Crippen MR) is 129 cm³/mol. The maximum Gasteiger partial charge on any atom is 0.339 e. The molecule has 3 heterocycles. The number of carbonyl (C=O) groups excluding carboxylic acids is 1. The third kappa shape index (κ3) is 4.18. The summed E-state index contributed by atoms with van der Waals surface area (Å²) in [4.78, 5) is 26.6. The minimum atomic E-state index is -0.273. The molecule has 0 bridgehead atoms. The van der Waals surface area contributed by atoms with E-state index in [-0.39, 0.29) is 5.97 Å². The zero-order chi connectivity index (χ0) is 22.9. The number of hydrogen-bond donors (Lipinski definition) is 1. The molecule has 0 radical (unpaired) electrons. The number of nitrogens with zero attached hydrogens (tertiary/aromatic N) is 5. The summed E-state index contributed by atoms with van der Waals surface area (Å²) < 4.78 is 7.23. The molecule has 1 aromatic carbocycles. The van der Waals surface area contributed by atoms with Crippen LogP contribution >= 0.6 is 0 Å². The highest BCUT2D eigenvalue weighted by molar-refractivity contribution is 5.94. The van der Waals surface area contributed by atoms with Crippen LogP contribution < -0.4 is 10.2 Å². The number of esters is 1.